The van der Waals surface area contributed by atoms with Crippen molar-refractivity contribution in [3.05, 3.63) is 59.9 Å². The second-order valence-electron chi connectivity index (χ2n) is 12.7. The Kier molecular flexibility index (Phi) is 10.4. The number of fused-ring (bicyclic) bond motifs is 3. The number of benzene rings is 3. The van der Waals surface area contributed by atoms with Crippen LogP contribution in [-0.2, 0) is 9.59 Å². The number of ether oxygens (including phenoxy) is 1. The average Bonchev–Trinajstić information content (AvgIpc) is 3.65. The van der Waals surface area contributed by atoms with Gasteiger partial charge in [0.25, 0.3) is 5.91 Å². The topological polar surface area (TPSA) is 169 Å². The zero-order chi connectivity index (χ0) is 35.5. The second-order valence-corrected chi connectivity index (χ2v) is 13.9. The summed E-state index contributed by atoms with van der Waals surface area (Å²) in [6.45, 7) is 4.38. The fourth-order valence-corrected chi connectivity index (χ4v) is 8.42. The van der Waals surface area contributed by atoms with Gasteiger partial charge in [0.15, 0.2) is 23.1 Å². The van der Waals surface area contributed by atoms with Gasteiger partial charge in [0.05, 0.1) is 29.4 Å². The van der Waals surface area contributed by atoms with Crippen LogP contribution in [0.1, 0.15) is 56.3 Å². The minimum atomic E-state index is -0.910. The number of rotatable bonds is 12. The molecule has 1 unspecified atom stereocenters. The van der Waals surface area contributed by atoms with E-state index in [2.05, 4.69) is 28.2 Å². The molecule has 14 heteroatoms. The number of anilines is 2. The van der Waals surface area contributed by atoms with Crippen LogP contribution in [0.3, 0.4) is 0 Å². The van der Waals surface area contributed by atoms with Gasteiger partial charge in [-0.1, -0.05) is 25.5 Å². The molecule has 264 valence electrons. The Hall–Kier alpha value is -4.98. The molecule has 0 aliphatic carbocycles. The minimum Gasteiger partial charge on any atom is -0.507 e. The summed E-state index contributed by atoms with van der Waals surface area (Å²) in [5.74, 6) is -1.47. The highest BCUT2D eigenvalue weighted by Gasteiger charge is 2.47. The van der Waals surface area contributed by atoms with Crippen LogP contribution in [0.15, 0.2) is 48.5 Å². The van der Waals surface area contributed by atoms with Gasteiger partial charge in [-0.25, -0.2) is 9.18 Å². The number of phenols is 2. The normalized spacial score (nSPS) is 19.3. The summed E-state index contributed by atoms with van der Waals surface area (Å²) in [7, 11) is 0. The van der Waals surface area contributed by atoms with Crippen molar-refractivity contribution in [2.24, 2.45) is 5.92 Å². The number of amides is 5. The third kappa shape index (κ3) is 7.16. The van der Waals surface area contributed by atoms with Crippen LogP contribution in [-0.4, -0.2) is 70.1 Å². The number of unbranched alkanes of at least 4 members (excludes halogenated alkanes) is 2. The molecule has 3 aliphatic rings. The van der Waals surface area contributed by atoms with E-state index in [1.54, 1.807) is 42.1 Å². The summed E-state index contributed by atoms with van der Waals surface area (Å²) in [5.41, 5.74) is 1.78. The van der Waals surface area contributed by atoms with Crippen molar-refractivity contribution < 1.29 is 38.5 Å². The number of urea groups is 1. The molecule has 0 aromatic heterocycles. The van der Waals surface area contributed by atoms with Gasteiger partial charge in [-0.2, -0.15) is 11.8 Å². The molecule has 6 rings (SSSR count). The van der Waals surface area contributed by atoms with Crippen molar-refractivity contribution >= 4 is 46.9 Å². The molecule has 3 aromatic rings. The van der Waals surface area contributed by atoms with Crippen LogP contribution < -0.4 is 30.9 Å². The molecule has 5 amide bonds. The number of phenolic OH excluding ortho intramolecular Hbond substituents is 2. The molecule has 2 fully saturated rings. The molecule has 0 spiro atoms. The maximum absolute atomic E-state index is 14.2. The lowest BCUT2D eigenvalue weighted by Crippen LogP contribution is -2.46. The fourth-order valence-electron chi connectivity index (χ4n) is 6.74. The predicted octanol–water partition coefficient (Wildman–Crippen LogP) is 5.29. The van der Waals surface area contributed by atoms with Gasteiger partial charge < -0.3 is 36.2 Å². The molecular formula is C36H40FN5O7S. The third-order valence-electron chi connectivity index (χ3n) is 9.22. The van der Waals surface area contributed by atoms with Crippen LogP contribution in [0.25, 0.3) is 11.1 Å². The van der Waals surface area contributed by atoms with Gasteiger partial charge in [0.2, 0.25) is 11.8 Å². The lowest BCUT2D eigenvalue weighted by atomic mass is 9.91. The van der Waals surface area contributed by atoms with E-state index in [0.29, 0.717) is 29.8 Å². The van der Waals surface area contributed by atoms with Crippen molar-refractivity contribution in [1.82, 2.24) is 21.3 Å². The molecule has 4 atom stereocenters. The molecule has 3 aliphatic heterocycles. The summed E-state index contributed by atoms with van der Waals surface area (Å²) in [4.78, 5) is 51.5. The van der Waals surface area contributed by atoms with Crippen molar-refractivity contribution in [2.45, 2.75) is 63.3 Å². The molecule has 6 N–H and O–H groups in total. The standard InChI is InChI=1S/C36H40FN5O7S/c1-3-7-22(33-32-25(18-50-33)40-36(48)41-32)35(47)39-13-6-4-5-12-38-34(46)21-10-8-20(9-11-21)23-14-26-30(16-28(23)44)49-31-17-29(45)24(37)15-27(31)42(26)19(2)43/h8-11,14-17,22,25,32-33,44-45H,3-7,12-13,18H2,1-2H3,(H,38,46)(H,39,47)(H2,40,41,48)/t22?,25-,32-,33-/m0/s1. The summed E-state index contributed by atoms with van der Waals surface area (Å²) >= 11 is 1.74. The first-order chi connectivity index (χ1) is 24.0. The Balaban J connectivity index is 0.983. The number of hydrogen-bond acceptors (Lipinski definition) is 8. The summed E-state index contributed by atoms with van der Waals surface area (Å²) < 4.78 is 20.0. The SMILES string of the molecule is CCCC(C(=O)NCCCCCNC(=O)c1ccc(-c2cc3c(cc2O)Oc2cc(O)c(F)cc2N3C(C)=O)cc1)[C@@H]1SC[C@@H]2NC(=O)N[C@@H]21. The van der Waals surface area contributed by atoms with Crippen molar-refractivity contribution in [3.63, 3.8) is 0 Å². The van der Waals surface area contributed by atoms with E-state index < -0.39 is 17.5 Å². The number of carbonyl (C=O) groups excluding carboxylic acids is 4. The number of thioether (sulfide) groups is 1. The first-order valence-electron chi connectivity index (χ1n) is 16.8. The average molecular weight is 706 g/mol. The molecule has 0 saturated carbocycles. The highest BCUT2D eigenvalue weighted by Crippen LogP contribution is 2.51. The quantitative estimate of drug-likeness (QED) is 0.109. The highest BCUT2D eigenvalue weighted by atomic mass is 32.2. The molecular weight excluding hydrogens is 665 g/mol. The number of nitrogens with zero attached hydrogens (tertiary/aromatic N) is 1. The van der Waals surface area contributed by atoms with E-state index in [1.165, 1.54) is 17.9 Å². The summed E-state index contributed by atoms with van der Waals surface area (Å²) in [6.07, 6.45) is 3.98. The number of aromatic hydroxyl groups is 2. The van der Waals surface area contributed by atoms with Crippen molar-refractivity contribution in [2.75, 3.05) is 23.7 Å². The maximum atomic E-state index is 14.2. The molecule has 3 heterocycles. The van der Waals surface area contributed by atoms with Gasteiger partial charge in [-0.15, -0.1) is 0 Å². The van der Waals surface area contributed by atoms with Gasteiger partial charge >= 0.3 is 6.03 Å². The number of hydrogen-bond donors (Lipinski definition) is 6. The highest BCUT2D eigenvalue weighted by molar-refractivity contribution is 8.00. The Bertz CT molecular complexity index is 1810. The fraction of sp³-hybridized carbons (Fsp3) is 0.389. The molecule has 50 heavy (non-hydrogen) atoms. The Morgan fingerprint density at radius 1 is 0.980 bits per heavy atom. The largest absolute Gasteiger partial charge is 0.507 e. The van der Waals surface area contributed by atoms with E-state index in [0.717, 1.165) is 50.0 Å². The zero-order valence-corrected chi connectivity index (χ0v) is 28.6. The van der Waals surface area contributed by atoms with E-state index in [-0.39, 0.29) is 69.7 Å². The van der Waals surface area contributed by atoms with Gasteiger partial charge in [-0.05, 0) is 49.4 Å². The lowest BCUT2D eigenvalue weighted by Gasteiger charge is -2.31. The lowest BCUT2D eigenvalue weighted by molar-refractivity contribution is -0.125. The van der Waals surface area contributed by atoms with E-state index in [1.807, 2.05) is 0 Å². The van der Waals surface area contributed by atoms with Crippen LogP contribution in [0.5, 0.6) is 23.0 Å². The van der Waals surface area contributed by atoms with Gasteiger partial charge in [0.1, 0.15) is 5.75 Å². The first-order valence-corrected chi connectivity index (χ1v) is 17.8. The second kappa shape index (κ2) is 14.9. The molecule has 2 saturated heterocycles. The van der Waals surface area contributed by atoms with Crippen LogP contribution in [0.2, 0.25) is 0 Å². The summed E-state index contributed by atoms with van der Waals surface area (Å²) in [6, 6.07) is 11.5. The van der Waals surface area contributed by atoms with Crippen molar-refractivity contribution in [3.8, 4) is 34.1 Å². The minimum absolute atomic E-state index is 0.0244. The molecule has 3 aromatic carbocycles. The molecule has 12 nitrogen and oxygen atoms in total. The smallest absolute Gasteiger partial charge is 0.315 e. The number of nitrogens with one attached hydrogen (secondary N) is 4. The van der Waals surface area contributed by atoms with E-state index >= 15 is 0 Å². The van der Waals surface area contributed by atoms with Crippen LogP contribution in [0.4, 0.5) is 20.6 Å². The van der Waals surface area contributed by atoms with Crippen LogP contribution in [0, 0.1) is 11.7 Å². The van der Waals surface area contributed by atoms with E-state index in [9.17, 15) is 33.8 Å². The first kappa shape index (κ1) is 34.9. The predicted molar refractivity (Wildman–Crippen MR) is 188 cm³/mol. The Morgan fingerprint density at radius 3 is 2.36 bits per heavy atom. The van der Waals surface area contributed by atoms with Gasteiger partial charge in [-0.3, -0.25) is 19.3 Å². The van der Waals surface area contributed by atoms with Crippen molar-refractivity contribution in [1.29, 1.82) is 0 Å². The monoisotopic (exact) mass is 705 g/mol. The summed E-state index contributed by atoms with van der Waals surface area (Å²) in [5, 5.41) is 32.6. The number of halogens is 1. The maximum Gasteiger partial charge on any atom is 0.315 e. The van der Waals surface area contributed by atoms with E-state index in [4.69, 9.17) is 4.74 Å². The third-order valence-corrected chi connectivity index (χ3v) is 10.8. The number of carbonyl (C=O) groups is 4. The molecule has 0 radical (unpaired) electrons. The zero-order valence-electron chi connectivity index (χ0n) is 27.8. The Morgan fingerprint density at radius 2 is 1.66 bits per heavy atom. The Labute approximate surface area is 293 Å². The van der Waals surface area contributed by atoms with Crippen LogP contribution >= 0.6 is 11.8 Å². The molecule has 0 bridgehead atoms. The van der Waals surface area contributed by atoms with Gasteiger partial charge in [0, 0.05) is 60.3 Å².